The maximum absolute atomic E-state index is 9.63. The highest BCUT2D eigenvalue weighted by Crippen LogP contribution is 2.44. The van der Waals surface area contributed by atoms with Crippen LogP contribution in [0.3, 0.4) is 0 Å². The van der Waals surface area contributed by atoms with E-state index in [0.717, 1.165) is 0 Å². The predicted molar refractivity (Wildman–Crippen MR) is 70.3 cm³/mol. The highest BCUT2D eigenvalue weighted by Gasteiger charge is 2.49. The standard InChI is InChI=1S/C12H13Cl3O2/c1-12(2)10(16)5-11(12)17-9-4-7(14)6(13)3-8(9)15/h3-4,10-11,16H,5H2,1-2H3. The van der Waals surface area contributed by atoms with Gasteiger partial charge in [0.15, 0.2) is 0 Å². The number of rotatable bonds is 2. The van der Waals surface area contributed by atoms with Crippen LogP contribution in [0.4, 0.5) is 0 Å². The van der Waals surface area contributed by atoms with Crippen molar-refractivity contribution in [2.45, 2.75) is 32.5 Å². The van der Waals surface area contributed by atoms with E-state index in [-0.39, 0.29) is 17.6 Å². The minimum absolute atomic E-state index is 0.0627. The molecule has 0 heterocycles. The van der Waals surface area contributed by atoms with Gasteiger partial charge in [-0.25, -0.2) is 0 Å². The van der Waals surface area contributed by atoms with Gasteiger partial charge in [0.2, 0.25) is 0 Å². The minimum Gasteiger partial charge on any atom is -0.488 e. The molecule has 2 rings (SSSR count). The van der Waals surface area contributed by atoms with Crippen molar-refractivity contribution in [2.24, 2.45) is 5.41 Å². The van der Waals surface area contributed by atoms with Gasteiger partial charge >= 0.3 is 0 Å². The second-order valence-corrected chi connectivity index (χ2v) is 6.10. The fourth-order valence-electron chi connectivity index (χ4n) is 1.81. The summed E-state index contributed by atoms with van der Waals surface area (Å²) in [5, 5.41) is 10.9. The summed E-state index contributed by atoms with van der Waals surface area (Å²) in [6.07, 6.45) is 0.199. The van der Waals surface area contributed by atoms with E-state index in [9.17, 15) is 5.11 Å². The molecular formula is C12H13Cl3O2. The molecule has 5 heteroatoms. The lowest BCUT2D eigenvalue weighted by Crippen LogP contribution is -2.56. The van der Waals surface area contributed by atoms with Crippen LogP contribution in [0.15, 0.2) is 12.1 Å². The molecule has 1 aliphatic rings. The zero-order valence-electron chi connectivity index (χ0n) is 9.51. The Morgan fingerprint density at radius 3 is 2.29 bits per heavy atom. The van der Waals surface area contributed by atoms with Gasteiger partial charge < -0.3 is 9.84 Å². The van der Waals surface area contributed by atoms with E-state index in [1.165, 1.54) is 0 Å². The molecule has 1 aromatic carbocycles. The molecule has 2 unspecified atom stereocenters. The monoisotopic (exact) mass is 294 g/mol. The lowest BCUT2D eigenvalue weighted by atomic mass is 9.66. The van der Waals surface area contributed by atoms with E-state index in [1.54, 1.807) is 12.1 Å². The van der Waals surface area contributed by atoms with Crippen LogP contribution >= 0.6 is 34.8 Å². The van der Waals surface area contributed by atoms with Gasteiger partial charge in [0.25, 0.3) is 0 Å². The molecule has 1 aliphatic carbocycles. The number of aliphatic hydroxyl groups is 1. The average Bonchev–Trinajstić information content (AvgIpc) is 2.25. The third kappa shape index (κ3) is 2.37. The van der Waals surface area contributed by atoms with Crippen LogP contribution < -0.4 is 4.74 Å². The van der Waals surface area contributed by atoms with Gasteiger partial charge in [-0.05, 0) is 6.07 Å². The van der Waals surface area contributed by atoms with E-state index in [2.05, 4.69) is 0 Å². The lowest BCUT2D eigenvalue weighted by Gasteiger charge is -2.48. The molecular weight excluding hydrogens is 282 g/mol. The van der Waals surface area contributed by atoms with Crippen molar-refractivity contribution in [3.05, 3.63) is 27.2 Å². The molecule has 1 saturated carbocycles. The van der Waals surface area contributed by atoms with Crippen molar-refractivity contribution in [3.8, 4) is 5.75 Å². The molecule has 0 spiro atoms. The smallest absolute Gasteiger partial charge is 0.139 e. The molecule has 0 radical (unpaired) electrons. The van der Waals surface area contributed by atoms with Crippen molar-refractivity contribution in [1.29, 1.82) is 0 Å². The minimum atomic E-state index is -0.339. The van der Waals surface area contributed by atoms with Gasteiger partial charge in [-0.15, -0.1) is 0 Å². The molecule has 2 nitrogen and oxygen atoms in total. The summed E-state index contributed by atoms with van der Waals surface area (Å²) >= 11 is 17.8. The second-order valence-electron chi connectivity index (χ2n) is 4.88. The fourth-order valence-corrected chi connectivity index (χ4v) is 2.39. The van der Waals surface area contributed by atoms with Crippen LogP contribution in [-0.4, -0.2) is 17.3 Å². The summed E-state index contributed by atoms with van der Waals surface area (Å²) in [5.74, 6) is 0.506. The second kappa shape index (κ2) is 4.51. The first-order valence-electron chi connectivity index (χ1n) is 5.31. The topological polar surface area (TPSA) is 29.5 Å². The fraction of sp³-hybridized carbons (Fsp3) is 0.500. The predicted octanol–water partition coefficient (Wildman–Crippen LogP) is 4.19. The third-order valence-corrected chi connectivity index (χ3v) is 4.39. The Bertz CT molecular complexity index is 446. The van der Waals surface area contributed by atoms with E-state index in [4.69, 9.17) is 39.5 Å². The van der Waals surface area contributed by atoms with Gasteiger partial charge in [-0.1, -0.05) is 48.7 Å². The van der Waals surface area contributed by atoms with E-state index in [0.29, 0.717) is 27.2 Å². The summed E-state index contributed by atoms with van der Waals surface area (Å²) in [7, 11) is 0. The Balaban J connectivity index is 2.18. The van der Waals surface area contributed by atoms with Crippen molar-refractivity contribution >= 4 is 34.8 Å². The molecule has 0 aliphatic heterocycles. The zero-order valence-corrected chi connectivity index (χ0v) is 11.8. The first-order valence-corrected chi connectivity index (χ1v) is 6.45. The molecule has 2 atom stereocenters. The Kier molecular flexibility index (Phi) is 3.52. The first-order chi connectivity index (χ1) is 7.82. The Hall–Kier alpha value is -0.150. The number of halogens is 3. The molecule has 94 valence electrons. The molecule has 1 N–H and O–H groups in total. The average molecular weight is 296 g/mol. The number of aliphatic hydroxyl groups excluding tert-OH is 1. The lowest BCUT2D eigenvalue weighted by molar-refractivity contribution is -0.134. The normalized spacial score (nSPS) is 26.5. The molecule has 0 bridgehead atoms. The van der Waals surface area contributed by atoms with Gasteiger partial charge in [-0.2, -0.15) is 0 Å². The molecule has 1 aromatic rings. The van der Waals surface area contributed by atoms with Crippen molar-refractivity contribution in [1.82, 2.24) is 0 Å². The maximum Gasteiger partial charge on any atom is 0.139 e. The molecule has 0 amide bonds. The van der Waals surface area contributed by atoms with Crippen LogP contribution in [-0.2, 0) is 0 Å². The van der Waals surface area contributed by atoms with Crippen LogP contribution in [0, 0.1) is 5.41 Å². The number of ether oxygens (including phenoxy) is 1. The molecule has 0 aromatic heterocycles. The van der Waals surface area contributed by atoms with Crippen LogP contribution in [0.1, 0.15) is 20.3 Å². The molecule has 0 saturated heterocycles. The van der Waals surface area contributed by atoms with Crippen LogP contribution in [0.25, 0.3) is 0 Å². The van der Waals surface area contributed by atoms with Gasteiger partial charge in [-0.3, -0.25) is 0 Å². The van der Waals surface area contributed by atoms with Gasteiger partial charge in [0, 0.05) is 17.9 Å². The number of hydrogen-bond donors (Lipinski definition) is 1. The van der Waals surface area contributed by atoms with E-state index < -0.39 is 0 Å². The summed E-state index contributed by atoms with van der Waals surface area (Å²) in [6.45, 7) is 3.91. The van der Waals surface area contributed by atoms with Crippen molar-refractivity contribution < 1.29 is 9.84 Å². The van der Waals surface area contributed by atoms with E-state index >= 15 is 0 Å². The Labute approximate surface area is 115 Å². The Morgan fingerprint density at radius 2 is 1.76 bits per heavy atom. The zero-order chi connectivity index (χ0) is 12.8. The number of hydrogen-bond acceptors (Lipinski definition) is 2. The van der Waals surface area contributed by atoms with Gasteiger partial charge in [0.05, 0.1) is 21.2 Å². The van der Waals surface area contributed by atoms with Crippen molar-refractivity contribution in [2.75, 3.05) is 0 Å². The van der Waals surface area contributed by atoms with Gasteiger partial charge in [0.1, 0.15) is 11.9 Å². The molecule has 1 fully saturated rings. The SMILES string of the molecule is CC1(C)C(O)CC1Oc1cc(Cl)c(Cl)cc1Cl. The van der Waals surface area contributed by atoms with Crippen LogP contribution in [0.2, 0.25) is 15.1 Å². The van der Waals surface area contributed by atoms with Crippen molar-refractivity contribution in [3.63, 3.8) is 0 Å². The first kappa shape index (κ1) is 13.3. The summed E-state index contributed by atoms with van der Waals surface area (Å²) in [5.41, 5.74) is -0.268. The highest BCUT2D eigenvalue weighted by atomic mass is 35.5. The quantitative estimate of drug-likeness (QED) is 0.829. The Morgan fingerprint density at radius 1 is 1.18 bits per heavy atom. The number of benzene rings is 1. The summed E-state index contributed by atoms with van der Waals surface area (Å²) in [4.78, 5) is 0. The van der Waals surface area contributed by atoms with Crippen LogP contribution in [0.5, 0.6) is 5.75 Å². The summed E-state index contributed by atoms with van der Waals surface area (Å²) < 4.78 is 5.77. The third-order valence-electron chi connectivity index (χ3n) is 3.37. The maximum atomic E-state index is 9.63. The highest BCUT2D eigenvalue weighted by molar-refractivity contribution is 6.43. The molecule has 17 heavy (non-hydrogen) atoms. The largest absolute Gasteiger partial charge is 0.488 e. The van der Waals surface area contributed by atoms with E-state index in [1.807, 2.05) is 13.8 Å². The summed E-state index contributed by atoms with van der Waals surface area (Å²) in [6, 6.07) is 3.16.